The van der Waals surface area contributed by atoms with E-state index in [0.29, 0.717) is 13.1 Å². The number of carbonyl (C=O) groups excluding carboxylic acids is 1. The fraction of sp³-hybridized carbons (Fsp3) is 0.381. The van der Waals surface area contributed by atoms with Crippen LogP contribution in [0.4, 0.5) is 18.9 Å². The summed E-state index contributed by atoms with van der Waals surface area (Å²) >= 11 is 0. The predicted molar refractivity (Wildman–Crippen MR) is 104 cm³/mol. The number of hydrogen-bond acceptors (Lipinski definition) is 5. The number of benzene rings is 2. The summed E-state index contributed by atoms with van der Waals surface area (Å²) in [4.78, 5) is 16.7. The molecule has 0 saturated carbocycles. The molecule has 1 saturated heterocycles. The first-order chi connectivity index (χ1) is 14.4. The van der Waals surface area contributed by atoms with E-state index in [-0.39, 0.29) is 12.5 Å². The monoisotopic (exact) mass is 421 g/mol. The molecule has 6 nitrogen and oxygen atoms in total. The lowest BCUT2D eigenvalue weighted by atomic mass is 10.1. The van der Waals surface area contributed by atoms with Crippen molar-refractivity contribution in [1.29, 1.82) is 0 Å². The van der Waals surface area contributed by atoms with Crippen LogP contribution < -0.4 is 14.8 Å². The molecule has 4 rings (SSSR count). The summed E-state index contributed by atoms with van der Waals surface area (Å²) < 4.78 is 50.9. The number of fused-ring (bicyclic) bond motifs is 1. The molecule has 2 aromatic carbocycles. The molecule has 1 amide bonds. The van der Waals surface area contributed by atoms with E-state index in [9.17, 15) is 18.0 Å². The average molecular weight is 421 g/mol. The van der Waals surface area contributed by atoms with E-state index in [1.165, 1.54) is 0 Å². The van der Waals surface area contributed by atoms with Crippen LogP contribution >= 0.6 is 0 Å². The molecular formula is C21H22F3N3O3. The summed E-state index contributed by atoms with van der Waals surface area (Å²) in [5.41, 5.74) is 0.750. The van der Waals surface area contributed by atoms with E-state index in [1.54, 1.807) is 6.92 Å². The first-order valence-electron chi connectivity index (χ1n) is 9.71. The fourth-order valence-electron chi connectivity index (χ4n) is 3.63. The lowest BCUT2D eigenvalue weighted by Gasteiger charge is -2.37. The van der Waals surface area contributed by atoms with Crippen molar-refractivity contribution in [2.75, 3.05) is 38.3 Å². The Balaban J connectivity index is 1.30. The molecule has 1 atom stereocenters. The van der Waals surface area contributed by atoms with E-state index in [4.69, 9.17) is 9.47 Å². The number of nitrogens with zero attached hydrogens (tertiary/aromatic N) is 2. The Bertz CT molecular complexity index is 949. The van der Waals surface area contributed by atoms with Crippen molar-refractivity contribution in [2.24, 2.45) is 0 Å². The normalized spacial score (nSPS) is 17.7. The number of carbonyl (C=O) groups is 1. The number of anilines is 1. The molecular weight excluding hydrogens is 399 g/mol. The summed E-state index contributed by atoms with van der Waals surface area (Å²) in [5.74, 6) is -3.26. The third-order valence-corrected chi connectivity index (χ3v) is 5.47. The maximum atomic E-state index is 13.8. The molecule has 30 heavy (non-hydrogen) atoms. The van der Waals surface area contributed by atoms with Gasteiger partial charge in [-0.3, -0.25) is 14.6 Å². The van der Waals surface area contributed by atoms with Gasteiger partial charge in [0.1, 0.15) is 0 Å². The van der Waals surface area contributed by atoms with Gasteiger partial charge in [-0.15, -0.1) is 0 Å². The number of amides is 1. The SMILES string of the molecule is C[C@@H](C(=O)Nc1ccc(F)c(F)c1F)N1CCN(Cc2ccc3c(c2)OCO3)CC1. The zero-order valence-electron chi connectivity index (χ0n) is 16.5. The van der Waals surface area contributed by atoms with Gasteiger partial charge in [0, 0.05) is 32.7 Å². The van der Waals surface area contributed by atoms with Crippen LogP contribution in [0.2, 0.25) is 0 Å². The molecule has 0 spiro atoms. The van der Waals surface area contributed by atoms with E-state index in [0.717, 1.165) is 48.8 Å². The van der Waals surface area contributed by atoms with Gasteiger partial charge in [0.05, 0.1) is 11.7 Å². The van der Waals surface area contributed by atoms with Crippen molar-refractivity contribution in [3.8, 4) is 11.5 Å². The number of hydrogen-bond donors (Lipinski definition) is 1. The molecule has 1 N–H and O–H groups in total. The molecule has 0 aromatic heterocycles. The van der Waals surface area contributed by atoms with Gasteiger partial charge in [-0.2, -0.15) is 0 Å². The van der Waals surface area contributed by atoms with Crippen LogP contribution in [0, 0.1) is 17.5 Å². The van der Waals surface area contributed by atoms with Crippen LogP contribution in [0.3, 0.4) is 0 Å². The van der Waals surface area contributed by atoms with Gasteiger partial charge in [-0.25, -0.2) is 13.2 Å². The Labute approximate surface area is 172 Å². The number of halogens is 3. The first kappa shape index (κ1) is 20.5. The van der Waals surface area contributed by atoms with Crippen molar-refractivity contribution in [1.82, 2.24) is 9.80 Å². The molecule has 2 aliphatic heterocycles. The highest BCUT2D eigenvalue weighted by atomic mass is 19.2. The Kier molecular flexibility index (Phi) is 5.83. The van der Waals surface area contributed by atoms with Crippen LogP contribution in [-0.2, 0) is 11.3 Å². The molecule has 0 radical (unpaired) electrons. The highest BCUT2D eigenvalue weighted by Gasteiger charge is 2.27. The van der Waals surface area contributed by atoms with Crippen molar-refractivity contribution in [2.45, 2.75) is 19.5 Å². The topological polar surface area (TPSA) is 54.0 Å². The lowest BCUT2D eigenvalue weighted by Crippen LogP contribution is -2.52. The number of rotatable bonds is 5. The van der Waals surface area contributed by atoms with Gasteiger partial charge in [0.15, 0.2) is 29.0 Å². The third-order valence-electron chi connectivity index (χ3n) is 5.47. The number of piperazine rings is 1. The highest BCUT2D eigenvalue weighted by molar-refractivity contribution is 5.94. The van der Waals surface area contributed by atoms with Gasteiger partial charge in [0.2, 0.25) is 12.7 Å². The van der Waals surface area contributed by atoms with Crippen LogP contribution in [0.1, 0.15) is 12.5 Å². The number of ether oxygens (including phenoxy) is 2. The molecule has 1 fully saturated rings. The largest absolute Gasteiger partial charge is 0.454 e. The zero-order valence-corrected chi connectivity index (χ0v) is 16.5. The Morgan fingerprint density at radius 1 is 1.03 bits per heavy atom. The van der Waals surface area contributed by atoms with E-state index in [1.807, 2.05) is 23.1 Å². The van der Waals surface area contributed by atoms with Gasteiger partial charge in [-0.1, -0.05) is 6.07 Å². The summed E-state index contributed by atoms with van der Waals surface area (Å²) in [5, 5.41) is 2.35. The average Bonchev–Trinajstić information content (AvgIpc) is 3.22. The van der Waals surface area contributed by atoms with Crippen LogP contribution in [0.5, 0.6) is 11.5 Å². The maximum Gasteiger partial charge on any atom is 0.241 e. The second kappa shape index (κ2) is 8.53. The van der Waals surface area contributed by atoms with Gasteiger partial charge >= 0.3 is 0 Å². The molecule has 0 aliphatic carbocycles. The predicted octanol–water partition coefficient (Wildman–Crippen LogP) is 2.98. The minimum absolute atomic E-state index is 0.242. The van der Waals surface area contributed by atoms with Gasteiger partial charge < -0.3 is 14.8 Å². The van der Waals surface area contributed by atoms with Crippen LogP contribution in [-0.4, -0.2) is 54.7 Å². The van der Waals surface area contributed by atoms with E-state index in [2.05, 4.69) is 10.2 Å². The first-order valence-corrected chi connectivity index (χ1v) is 9.71. The third kappa shape index (κ3) is 4.22. The fourth-order valence-corrected chi connectivity index (χ4v) is 3.63. The minimum atomic E-state index is -1.60. The maximum absolute atomic E-state index is 13.8. The molecule has 9 heteroatoms. The van der Waals surface area contributed by atoms with E-state index >= 15 is 0 Å². The summed E-state index contributed by atoms with van der Waals surface area (Å²) in [6.45, 7) is 5.52. The van der Waals surface area contributed by atoms with Gasteiger partial charge in [-0.05, 0) is 36.8 Å². The zero-order chi connectivity index (χ0) is 21.3. The standard InChI is InChI=1S/C21H22F3N3O3/c1-13(21(28)25-16-4-3-15(22)19(23)20(16)24)27-8-6-26(7-9-27)11-14-2-5-17-18(10-14)30-12-29-17/h2-5,10,13H,6-9,11-12H2,1H3,(H,25,28)/t13-/m0/s1. The van der Waals surface area contributed by atoms with Crippen LogP contribution in [0.15, 0.2) is 30.3 Å². The van der Waals surface area contributed by atoms with Crippen molar-refractivity contribution < 1.29 is 27.4 Å². The summed E-state index contributed by atoms with van der Waals surface area (Å²) in [7, 11) is 0. The second-order valence-electron chi connectivity index (χ2n) is 7.39. The minimum Gasteiger partial charge on any atom is -0.454 e. The Morgan fingerprint density at radius 3 is 2.53 bits per heavy atom. The Hall–Kier alpha value is -2.78. The molecule has 2 aliphatic rings. The molecule has 160 valence electrons. The smallest absolute Gasteiger partial charge is 0.241 e. The van der Waals surface area contributed by atoms with Gasteiger partial charge in [0.25, 0.3) is 0 Å². The van der Waals surface area contributed by atoms with Crippen molar-refractivity contribution >= 4 is 11.6 Å². The van der Waals surface area contributed by atoms with Crippen LogP contribution in [0.25, 0.3) is 0 Å². The summed E-state index contributed by atoms with van der Waals surface area (Å²) in [6, 6.07) is 7.14. The summed E-state index contributed by atoms with van der Waals surface area (Å²) in [6.07, 6.45) is 0. The Morgan fingerprint density at radius 2 is 1.77 bits per heavy atom. The van der Waals surface area contributed by atoms with Crippen molar-refractivity contribution in [3.63, 3.8) is 0 Å². The molecule has 0 bridgehead atoms. The lowest BCUT2D eigenvalue weighted by molar-refractivity contribution is -0.121. The number of nitrogens with one attached hydrogen (secondary N) is 1. The molecule has 2 aromatic rings. The second-order valence-corrected chi connectivity index (χ2v) is 7.39. The van der Waals surface area contributed by atoms with Crippen molar-refractivity contribution in [3.05, 3.63) is 53.3 Å². The van der Waals surface area contributed by atoms with E-state index < -0.39 is 29.4 Å². The molecule has 0 unspecified atom stereocenters. The molecule has 2 heterocycles. The quantitative estimate of drug-likeness (QED) is 0.753. The highest BCUT2D eigenvalue weighted by Crippen LogP contribution is 2.33.